The van der Waals surface area contributed by atoms with Gasteiger partial charge in [-0.15, -0.1) is 0 Å². The van der Waals surface area contributed by atoms with E-state index in [0.717, 1.165) is 12.3 Å². The second-order valence-corrected chi connectivity index (χ2v) is 2.71. The number of halogens is 3. The molecule has 0 saturated carbocycles. The van der Waals surface area contributed by atoms with Crippen molar-refractivity contribution in [1.29, 1.82) is 5.26 Å². The average molecular weight is 216 g/mol. The van der Waals surface area contributed by atoms with Crippen LogP contribution in [-0.4, -0.2) is 12.1 Å². The second kappa shape index (κ2) is 4.17. The van der Waals surface area contributed by atoms with E-state index in [9.17, 15) is 13.2 Å². The van der Waals surface area contributed by atoms with Crippen molar-refractivity contribution < 1.29 is 17.9 Å². The molecule has 1 heterocycles. The number of methoxy groups -OCH3 is 1. The summed E-state index contributed by atoms with van der Waals surface area (Å²) < 4.78 is 41.5. The zero-order valence-electron chi connectivity index (χ0n) is 7.80. The molecule has 0 aromatic carbocycles. The van der Waals surface area contributed by atoms with Crippen molar-refractivity contribution in [3.8, 4) is 11.8 Å². The molecule has 0 saturated heterocycles. The molecule has 0 radical (unpaired) electrons. The number of hydrogen-bond donors (Lipinski definition) is 0. The summed E-state index contributed by atoms with van der Waals surface area (Å²) in [5.74, 6) is 0.0267. The van der Waals surface area contributed by atoms with E-state index in [-0.39, 0.29) is 12.2 Å². The third-order valence-electron chi connectivity index (χ3n) is 1.72. The van der Waals surface area contributed by atoms with Crippen LogP contribution in [0.3, 0.4) is 0 Å². The van der Waals surface area contributed by atoms with Gasteiger partial charge in [0.15, 0.2) is 0 Å². The van der Waals surface area contributed by atoms with Crippen molar-refractivity contribution >= 4 is 0 Å². The fraction of sp³-hybridized carbons (Fsp3) is 0.333. The van der Waals surface area contributed by atoms with Crippen molar-refractivity contribution in [3.63, 3.8) is 0 Å². The second-order valence-electron chi connectivity index (χ2n) is 2.71. The van der Waals surface area contributed by atoms with E-state index in [1.165, 1.54) is 7.11 Å². The minimum Gasteiger partial charge on any atom is -0.496 e. The van der Waals surface area contributed by atoms with E-state index in [1.54, 1.807) is 0 Å². The highest BCUT2D eigenvalue weighted by molar-refractivity contribution is 5.35. The van der Waals surface area contributed by atoms with Gasteiger partial charge in [0.1, 0.15) is 11.4 Å². The minimum atomic E-state index is -4.50. The first-order valence-corrected chi connectivity index (χ1v) is 3.96. The zero-order chi connectivity index (χ0) is 11.5. The third-order valence-corrected chi connectivity index (χ3v) is 1.72. The lowest BCUT2D eigenvalue weighted by molar-refractivity contribution is -0.141. The maximum absolute atomic E-state index is 12.2. The Bertz CT molecular complexity index is 395. The van der Waals surface area contributed by atoms with Gasteiger partial charge in [0.2, 0.25) is 0 Å². The Kier molecular flexibility index (Phi) is 3.14. The lowest BCUT2D eigenvalue weighted by Gasteiger charge is -2.09. The summed E-state index contributed by atoms with van der Waals surface area (Å²) in [6.07, 6.45) is -3.53. The van der Waals surface area contributed by atoms with Gasteiger partial charge in [0.05, 0.1) is 19.6 Å². The van der Waals surface area contributed by atoms with Crippen LogP contribution in [-0.2, 0) is 12.6 Å². The topological polar surface area (TPSA) is 45.9 Å². The lowest BCUT2D eigenvalue weighted by atomic mass is 10.2. The summed E-state index contributed by atoms with van der Waals surface area (Å²) >= 11 is 0. The maximum Gasteiger partial charge on any atom is 0.433 e. The predicted molar refractivity (Wildman–Crippen MR) is 45.1 cm³/mol. The molecule has 0 aliphatic rings. The van der Waals surface area contributed by atoms with Crippen molar-refractivity contribution in [1.82, 2.24) is 4.98 Å². The minimum absolute atomic E-state index is 0.0267. The predicted octanol–water partition coefficient (Wildman–Crippen LogP) is 2.18. The molecule has 1 rings (SSSR count). The fourth-order valence-corrected chi connectivity index (χ4v) is 1.03. The van der Waals surface area contributed by atoms with Crippen LogP contribution in [0.15, 0.2) is 12.3 Å². The summed E-state index contributed by atoms with van der Waals surface area (Å²) in [4.78, 5) is 3.22. The Morgan fingerprint density at radius 2 is 2.20 bits per heavy atom. The van der Waals surface area contributed by atoms with E-state index >= 15 is 0 Å². The van der Waals surface area contributed by atoms with E-state index < -0.39 is 11.9 Å². The van der Waals surface area contributed by atoms with Crippen LogP contribution >= 0.6 is 0 Å². The number of pyridine rings is 1. The molecule has 0 atom stereocenters. The molecule has 0 aliphatic heterocycles. The van der Waals surface area contributed by atoms with Gasteiger partial charge in [-0.05, 0) is 0 Å². The first-order valence-electron chi connectivity index (χ1n) is 3.96. The summed E-state index contributed by atoms with van der Waals surface area (Å²) in [6.45, 7) is 0. The van der Waals surface area contributed by atoms with E-state index in [4.69, 9.17) is 10.00 Å². The van der Waals surface area contributed by atoms with Crippen LogP contribution < -0.4 is 4.74 Å². The highest BCUT2D eigenvalue weighted by Gasteiger charge is 2.33. The molecular weight excluding hydrogens is 209 g/mol. The SMILES string of the molecule is COc1cc(C(F)(F)F)ncc1CC#N. The van der Waals surface area contributed by atoms with Gasteiger partial charge < -0.3 is 4.74 Å². The lowest BCUT2D eigenvalue weighted by Crippen LogP contribution is -2.08. The van der Waals surface area contributed by atoms with E-state index in [0.29, 0.717) is 5.56 Å². The maximum atomic E-state index is 12.2. The molecule has 0 amide bonds. The molecule has 80 valence electrons. The summed E-state index contributed by atoms with van der Waals surface area (Å²) in [5.41, 5.74) is -0.686. The number of nitrogens with zero attached hydrogens (tertiary/aromatic N) is 2. The van der Waals surface area contributed by atoms with Crippen LogP contribution in [0.4, 0.5) is 13.2 Å². The number of nitriles is 1. The van der Waals surface area contributed by atoms with Crippen molar-refractivity contribution in [2.24, 2.45) is 0 Å². The number of aromatic nitrogens is 1. The molecule has 0 unspecified atom stereocenters. The zero-order valence-corrected chi connectivity index (χ0v) is 7.80. The average Bonchev–Trinajstić information content (AvgIpc) is 2.17. The molecule has 0 bridgehead atoms. The number of rotatable bonds is 2. The summed E-state index contributed by atoms with van der Waals surface area (Å²) in [5, 5.41) is 8.41. The monoisotopic (exact) mass is 216 g/mol. The molecule has 0 fully saturated rings. The molecule has 3 nitrogen and oxygen atoms in total. The first-order chi connectivity index (χ1) is 6.99. The Morgan fingerprint density at radius 1 is 1.53 bits per heavy atom. The molecule has 1 aromatic heterocycles. The van der Waals surface area contributed by atoms with Crippen LogP contribution in [0.5, 0.6) is 5.75 Å². The Morgan fingerprint density at radius 3 is 2.67 bits per heavy atom. The molecule has 6 heteroatoms. The standard InChI is InChI=1S/C9H7F3N2O/c1-15-7-4-8(9(10,11)12)14-5-6(7)2-3-13/h4-5H,2H2,1H3. The third kappa shape index (κ3) is 2.59. The van der Waals surface area contributed by atoms with Crippen LogP contribution in [0.2, 0.25) is 0 Å². The van der Waals surface area contributed by atoms with Gasteiger partial charge in [-0.3, -0.25) is 4.98 Å². The first kappa shape index (κ1) is 11.3. The Labute approximate surface area is 84.1 Å². The highest BCUT2D eigenvalue weighted by atomic mass is 19.4. The highest BCUT2D eigenvalue weighted by Crippen LogP contribution is 2.31. The van der Waals surface area contributed by atoms with Crippen molar-refractivity contribution in [3.05, 3.63) is 23.5 Å². The van der Waals surface area contributed by atoms with E-state index in [1.807, 2.05) is 6.07 Å². The fourth-order valence-electron chi connectivity index (χ4n) is 1.03. The van der Waals surface area contributed by atoms with Gasteiger partial charge in [-0.25, -0.2) is 0 Å². The molecule has 0 aliphatic carbocycles. The van der Waals surface area contributed by atoms with E-state index in [2.05, 4.69) is 4.98 Å². The normalized spacial score (nSPS) is 10.9. The van der Waals surface area contributed by atoms with Gasteiger partial charge in [0, 0.05) is 17.8 Å². The molecule has 15 heavy (non-hydrogen) atoms. The summed E-state index contributed by atoms with van der Waals surface area (Å²) in [7, 11) is 1.25. The molecule has 0 spiro atoms. The largest absolute Gasteiger partial charge is 0.496 e. The number of alkyl halides is 3. The van der Waals surface area contributed by atoms with Crippen molar-refractivity contribution in [2.75, 3.05) is 7.11 Å². The van der Waals surface area contributed by atoms with Crippen LogP contribution in [0, 0.1) is 11.3 Å². The van der Waals surface area contributed by atoms with Gasteiger partial charge in [-0.1, -0.05) is 0 Å². The Balaban J connectivity index is 3.14. The van der Waals surface area contributed by atoms with Crippen LogP contribution in [0.1, 0.15) is 11.3 Å². The van der Waals surface area contributed by atoms with Crippen molar-refractivity contribution in [2.45, 2.75) is 12.6 Å². The number of ether oxygens (including phenoxy) is 1. The quantitative estimate of drug-likeness (QED) is 0.761. The van der Waals surface area contributed by atoms with Gasteiger partial charge in [-0.2, -0.15) is 18.4 Å². The van der Waals surface area contributed by atoms with Crippen LogP contribution in [0.25, 0.3) is 0 Å². The molecule has 0 N–H and O–H groups in total. The van der Waals surface area contributed by atoms with Gasteiger partial charge >= 0.3 is 6.18 Å². The molecular formula is C9H7F3N2O. The van der Waals surface area contributed by atoms with Gasteiger partial charge in [0.25, 0.3) is 0 Å². The Hall–Kier alpha value is -1.77. The molecule has 1 aromatic rings. The number of hydrogen-bond acceptors (Lipinski definition) is 3. The smallest absolute Gasteiger partial charge is 0.433 e. The summed E-state index contributed by atoms with van der Waals surface area (Å²) in [6, 6.07) is 2.60.